The molecule has 1 amide bonds. The number of guanidine groups is 1. The highest BCUT2D eigenvalue weighted by Crippen LogP contribution is 2.15. The summed E-state index contributed by atoms with van der Waals surface area (Å²) in [7, 11) is 1.78. The average molecular weight is 404 g/mol. The number of morpholine rings is 1. The van der Waals surface area contributed by atoms with Gasteiger partial charge in [0.1, 0.15) is 0 Å². The first-order valence-corrected chi connectivity index (χ1v) is 10.6. The van der Waals surface area contributed by atoms with E-state index in [4.69, 9.17) is 4.74 Å². The van der Waals surface area contributed by atoms with Gasteiger partial charge < -0.3 is 20.3 Å². The lowest BCUT2D eigenvalue weighted by Gasteiger charge is -2.41. The Hall–Kier alpha value is -2.12. The molecule has 7 heteroatoms. The van der Waals surface area contributed by atoms with Crippen LogP contribution in [0.15, 0.2) is 29.3 Å². The molecule has 0 spiro atoms. The first-order valence-electron chi connectivity index (χ1n) is 10.6. The fraction of sp³-hybridized carbons (Fsp3) is 0.636. The van der Waals surface area contributed by atoms with Crippen LogP contribution >= 0.6 is 0 Å². The van der Waals surface area contributed by atoms with Crippen LogP contribution in [0, 0.1) is 0 Å². The van der Waals surface area contributed by atoms with E-state index in [2.05, 4.69) is 34.4 Å². The van der Waals surface area contributed by atoms with Crippen LogP contribution in [0.4, 0.5) is 0 Å². The second-order valence-corrected chi connectivity index (χ2v) is 7.87. The normalized spacial score (nSPS) is 15.8. The van der Waals surface area contributed by atoms with Gasteiger partial charge in [-0.2, -0.15) is 0 Å². The Bertz CT molecular complexity index is 662. The zero-order valence-electron chi connectivity index (χ0n) is 18.6. The molecule has 1 aliphatic heterocycles. The van der Waals surface area contributed by atoms with Gasteiger partial charge in [-0.1, -0.05) is 12.1 Å². The van der Waals surface area contributed by atoms with E-state index in [9.17, 15) is 4.79 Å². The van der Waals surface area contributed by atoms with Crippen LogP contribution in [0.3, 0.4) is 0 Å². The molecule has 1 heterocycles. The van der Waals surface area contributed by atoms with Crippen LogP contribution in [-0.4, -0.2) is 80.2 Å². The van der Waals surface area contributed by atoms with Gasteiger partial charge in [0.25, 0.3) is 5.91 Å². The molecule has 1 aromatic rings. The van der Waals surface area contributed by atoms with E-state index in [1.165, 1.54) is 0 Å². The van der Waals surface area contributed by atoms with Crippen molar-refractivity contribution < 1.29 is 9.53 Å². The largest absolute Gasteiger partial charge is 0.379 e. The van der Waals surface area contributed by atoms with Gasteiger partial charge in [0.15, 0.2) is 5.96 Å². The molecule has 1 fully saturated rings. The van der Waals surface area contributed by atoms with Crippen molar-refractivity contribution in [2.45, 2.75) is 39.8 Å². The van der Waals surface area contributed by atoms with Gasteiger partial charge in [-0.15, -0.1) is 0 Å². The third-order valence-electron chi connectivity index (χ3n) is 5.49. The predicted molar refractivity (Wildman–Crippen MR) is 118 cm³/mol. The summed E-state index contributed by atoms with van der Waals surface area (Å²) in [4.78, 5) is 21.0. The Morgan fingerprint density at radius 2 is 1.76 bits per heavy atom. The fourth-order valence-electron chi connectivity index (χ4n) is 3.45. The molecule has 2 rings (SSSR count). The van der Waals surface area contributed by atoms with Crippen molar-refractivity contribution in [3.8, 4) is 0 Å². The SMILES string of the molecule is CCN(CC)C(=O)c1ccc(CNC(=NC)NCC(C)(C)N2CCOCC2)cc1. The van der Waals surface area contributed by atoms with Gasteiger partial charge in [0, 0.05) is 57.4 Å². The molecule has 1 aliphatic rings. The van der Waals surface area contributed by atoms with E-state index in [0.29, 0.717) is 6.54 Å². The summed E-state index contributed by atoms with van der Waals surface area (Å²) < 4.78 is 5.46. The molecule has 162 valence electrons. The van der Waals surface area contributed by atoms with E-state index in [1.54, 1.807) is 7.05 Å². The van der Waals surface area contributed by atoms with Crippen LogP contribution in [0.1, 0.15) is 43.6 Å². The van der Waals surface area contributed by atoms with E-state index < -0.39 is 0 Å². The lowest BCUT2D eigenvalue weighted by atomic mass is 10.0. The maximum absolute atomic E-state index is 12.4. The average Bonchev–Trinajstić information content (AvgIpc) is 2.75. The van der Waals surface area contributed by atoms with Crippen LogP contribution in [0.5, 0.6) is 0 Å². The standard InChI is InChI=1S/C22H37N5O2/c1-6-26(7-2)20(28)19-10-8-18(9-11-19)16-24-21(23-5)25-17-22(3,4)27-12-14-29-15-13-27/h8-11H,6-7,12-17H2,1-5H3,(H2,23,24,25). The summed E-state index contributed by atoms with van der Waals surface area (Å²) in [5.74, 6) is 0.854. The zero-order chi connectivity index (χ0) is 21.3. The molecule has 0 bridgehead atoms. The van der Waals surface area contributed by atoms with Crippen molar-refractivity contribution in [3.63, 3.8) is 0 Å². The van der Waals surface area contributed by atoms with Crippen molar-refractivity contribution in [2.75, 3.05) is 53.0 Å². The van der Waals surface area contributed by atoms with Crippen molar-refractivity contribution in [2.24, 2.45) is 4.99 Å². The van der Waals surface area contributed by atoms with E-state index in [-0.39, 0.29) is 11.4 Å². The number of hydrogen-bond donors (Lipinski definition) is 2. The van der Waals surface area contributed by atoms with E-state index >= 15 is 0 Å². The van der Waals surface area contributed by atoms with Gasteiger partial charge in [-0.25, -0.2) is 0 Å². The van der Waals surface area contributed by atoms with Gasteiger partial charge in [-0.05, 0) is 45.4 Å². The highest BCUT2D eigenvalue weighted by atomic mass is 16.5. The number of carbonyl (C=O) groups excluding carboxylic acids is 1. The number of benzene rings is 1. The minimum absolute atomic E-state index is 0.0217. The Labute approximate surface area is 175 Å². The summed E-state index contributed by atoms with van der Waals surface area (Å²) in [6, 6.07) is 7.79. The number of amides is 1. The zero-order valence-corrected chi connectivity index (χ0v) is 18.6. The molecule has 0 aromatic heterocycles. The molecule has 7 nitrogen and oxygen atoms in total. The highest BCUT2D eigenvalue weighted by molar-refractivity contribution is 5.94. The lowest BCUT2D eigenvalue weighted by molar-refractivity contribution is -0.00834. The highest BCUT2D eigenvalue weighted by Gasteiger charge is 2.28. The van der Waals surface area contributed by atoms with Gasteiger partial charge in [0.05, 0.1) is 13.2 Å². The number of nitrogens with zero attached hydrogens (tertiary/aromatic N) is 3. The Balaban J connectivity index is 1.85. The molecule has 0 unspecified atom stereocenters. The van der Waals surface area contributed by atoms with Crippen molar-refractivity contribution >= 4 is 11.9 Å². The number of nitrogens with one attached hydrogen (secondary N) is 2. The number of carbonyl (C=O) groups is 1. The first-order chi connectivity index (χ1) is 13.9. The maximum atomic E-state index is 12.4. The van der Waals surface area contributed by atoms with Crippen LogP contribution in [0.25, 0.3) is 0 Å². The Kier molecular flexibility index (Phi) is 8.92. The molecule has 29 heavy (non-hydrogen) atoms. The number of hydrogen-bond acceptors (Lipinski definition) is 4. The Morgan fingerprint density at radius 1 is 1.14 bits per heavy atom. The minimum Gasteiger partial charge on any atom is -0.379 e. The van der Waals surface area contributed by atoms with Crippen LogP contribution in [-0.2, 0) is 11.3 Å². The van der Waals surface area contributed by atoms with Crippen molar-refractivity contribution in [3.05, 3.63) is 35.4 Å². The quantitative estimate of drug-likeness (QED) is 0.513. The van der Waals surface area contributed by atoms with Gasteiger partial charge in [0.2, 0.25) is 0 Å². The van der Waals surface area contributed by atoms with Gasteiger partial charge >= 0.3 is 0 Å². The Morgan fingerprint density at radius 3 is 2.31 bits per heavy atom. The number of aliphatic imine (C=N–C) groups is 1. The molecular weight excluding hydrogens is 366 g/mol. The summed E-state index contributed by atoms with van der Waals surface area (Å²) >= 11 is 0. The van der Waals surface area contributed by atoms with Crippen molar-refractivity contribution in [1.29, 1.82) is 0 Å². The molecule has 0 aliphatic carbocycles. The van der Waals surface area contributed by atoms with Crippen LogP contribution in [0.2, 0.25) is 0 Å². The fourth-order valence-corrected chi connectivity index (χ4v) is 3.45. The first kappa shape index (κ1) is 23.2. The predicted octanol–water partition coefficient (Wildman–Crippen LogP) is 1.94. The summed E-state index contributed by atoms with van der Waals surface area (Å²) in [6.07, 6.45) is 0. The second-order valence-electron chi connectivity index (χ2n) is 7.87. The lowest BCUT2D eigenvalue weighted by Crippen LogP contribution is -2.56. The molecule has 0 atom stereocenters. The molecular formula is C22H37N5O2. The molecule has 1 aromatic carbocycles. The summed E-state index contributed by atoms with van der Waals surface area (Å²) in [5.41, 5.74) is 1.86. The van der Waals surface area contributed by atoms with Crippen molar-refractivity contribution in [1.82, 2.24) is 20.4 Å². The molecule has 2 N–H and O–H groups in total. The minimum atomic E-state index is 0.0217. The third-order valence-corrected chi connectivity index (χ3v) is 5.49. The van der Waals surface area contributed by atoms with E-state index in [1.807, 2.05) is 43.0 Å². The molecule has 1 saturated heterocycles. The second kappa shape index (κ2) is 11.2. The number of rotatable bonds is 8. The number of ether oxygens (including phenoxy) is 1. The third kappa shape index (κ3) is 6.72. The summed E-state index contributed by atoms with van der Waals surface area (Å²) in [6.45, 7) is 14.9. The summed E-state index contributed by atoms with van der Waals surface area (Å²) in [5, 5.41) is 6.79. The topological polar surface area (TPSA) is 69.2 Å². The van der Waals surface area contributed by atoms with E-state index in [0.717, 1.165) is 63.0 Å². The molecule has 0 radical (unpaired) electrons. The molecule has 0 saturated carbocycles. The van der Waals surface area contributed by atoms with Gasteiger partial charge in [-0.3, -0.25) is 14.7 Å². The smallest absolute Gasteiger partial charge is 0.253 e. The maximum Gasteiger partial charge on any atom is 0.253 e. The van der Waals surface area contributed by atoms with Crippen LogP contribution < -0.4 is 10.6 Å². The monoisotopic (exact) mass is 403 g/mol.